The maximum atomic E-state index is 11.9. The Hall–Kier alpha value is -1.55. The van der Waals surface area contributed by atoms with E-state index in [1.165, 1.54) is 0 Å². The Morgan fingerprint density at radius 2 is 1.78 bits per heavy atom. The van der Waals surface area contributed by atoms with Crippen LogP contribution in [0.5, 0.6) is 0 Å². The molecule has 0 saturated heterocycles. The van der Waals surface area contributed by atoms with Crippen molar-refractivity contribution in [3.8, 4) is 22.5 Å². The quantitative estimate of drug-likeness (QED) is 0.386. The number of carbonyl (C=O) groups excluding carboxylic acids is 1. The Morgan fingerprint density at radius 3 is 2.47 bits per heavy atom. The number of hydrogen-bond donors (Lipinski definition) is 1. The second kappa shape index (κ2) is 10.6. The van der Waals surface area contributed by atoms with Gasteiger partial charge in [0.1, 0.15) is 11.3 Å². The number of carboxylic acid groups (broad SMARTS) is 1. The Labute approximate surface area is 246 Å². The van der Waals surface area contributed by atoms with Gasteiger partial charge in [0.25, 0.3) is 0 Å². The molecule has 2 aromatic carbocycles. The number of anilines is 1. The molecule has 1 N–H and O–H groups in total. The smallest absolute Gasteiger partial charge is 0.545 e. The maximum Gasteiger partial charge on any atom is 1.00 e. The molecule has 2 aromatic rings. The van der Waals surface area contributed by atoms with E-state index in [0.717, 1.165) is 45.2 Å². The van der Waals surface area contributed by atoms with Crippen LogP contribution in [0.3, 0.4) is 0 Å². The van der Waals surface area contributed by atoms with Crippen molar-refractivity contribution in [2.24, 2.45) is 4.99 Å². The third kappa shape index (κ3) is 4.71. The van der Waals surface area contributed by atoms with Crippen molar-refractivity contribution < 1.29 is 83.2 Å². The molecule has 6 heteroatoms. The average Bonchev–Trinajstić information content (AvgIpc) is 2.74. The standard InChI is InChI=1S/C26H26N2O3.Cs/c1-5-27-21-13-23-19(11-15(21)3)25(17-9-7-8-10-18(17)26(29)30)20-12-16(4)22(28-6-2)14-24(20)31-23;/h7-14,27H,5-6H2,1-4H3,(H,29,30);/q;+1/p-1. The summed E-state index contributed by atoms with van der Waals surface area (Å²) in [6.45, 7) is 9.54. The number of carboxylic acids is 1. The van der Waals surface area contributed by atoms with Gasteiger partial charge in [0.05, 0.1) is 11.3 Å². The number of aryl methyl sites for hydroxylation is 2. The summed E-state index contributed by atoms with van der Waals surface area (Å²) in [4.78, 5) is 16.5. The fourth-order valence-corrected chi connectivity index (χ4v) is 4.08. The number of fused-ring (bicyclic) bond motifs is 2. The van der Waals surface area contributed by atoms with Gasteiger partial charge >= 0.3 is 68.9 Å². The van der Waals surface area contributed by atoms with Gasteiger partial charge in [-0.1, -0.05) is 24.3 Å². The van der Waals surface area contributed by atoms with Crippen LogP contribution in [-0.4, -0.2) is 19.1 Å². The molecule has 0 spiro atoms. The summed E-state index contributed by atoms with van der Waals surface area (Å²) in [6.07, 6.45) is 0. The summed E-state index contributed by atoms with van der Waals surface area (Å²) >= 11 is 0. The molecule has 0 radical (unpaired) electrons. The summed E-state index contributed by atoms with van der Waals surface area (Å²) in [5.74, 6) is -0.534. The van der Waals surface area contributed by atoms with Gasteiger partial charge in [-0.2, -0.15) is 0 Å². The number of aromatic carboxylic acids is 1. The predicted octanol–water partition coefficient (Wildman–Crippen LogP) is 1.54. The zero-order valence-corrected chi connectivity index (χ0v) is 25.5. The van der Waals surface area contributed by atoms with Gasteiger partial charge < -0.3 is 19.6 Å². The van der Waals surface area contributed by atoms with Crippen LogP contribution in [0.2, 0.25) is 0 Å². The molecule has 32 heavy (non-hydrogen) atoms. The summed E-state index contributed by atoms with van der Waals surface area (Å²) in [5.41, 5.74) is 6.19. The molecule has 4 rings (SSSR count). The monoisotopic (exact) mass is 546 g/mol. The first-order chi connectivity index (χ1) is 14.9. The van der Waals surface area contributed by atoms with Crippen LogP contribution in [0.15, 0.2) is 57.9 Å². The molecule has 0 aromatic heterocycles. The molecule has 0 bridgehead atoms. The third-order valence-electron chi connectivity index (χ3n) is 5.50. The average molecular weight is 546 g/mol. The van der Waals surface area contributed by atoms with E-state index in [2.05, 4.69) is 16.4 Å². The van der Waals surface area contributed by atoms with Crippen LogP contribution in [0, 0.1) is 13.8 Å². The number of nitrogens with one attached hydrogen (secondary N) is 1. The van der Waals surface area contributed by atoms with Gasteiger partial charge in [0.2, 0.25) is 0 Å². The van der Waals surface area contributed by atoms with Crippen molar-refractivity contribution in [2.75, 3.05) is 18.4 Å². The molecule has 0 fully saturated rings. The van der Waals surface area contributed by atoms with Crippen LogP contribution in [-0.2, 0) is 0 Å². The molecule has 0 saturated carbocycles. The Morgan fingerprint density at radius 1 is 1.03 bits per heavy atom. The molecule has 1 aliphatic carbocycles. The van der Waals surface area contributed by atoms with E-state index in [1.54, 1.807) is 12.1 Å². The minimum absolute atomic E-state index is 0. The number of carbonyl (C=O) groups is 1. The van der Waals surface area contributed by atoms with E-state index >= 15 is 0 Å². The number of rotatable bonds is 5. The van der Waals surface area contributed by atoms with Crippen LogP contribution >= 0.6 is 0 Å². The summed E-state index contributed by atoms with van der Waals surface area (Å²) in [6, 6.07) is 15.0. The van der Waals surface area contributed by atoms with E-state index in [9.17, 15) is 9.90 Å². The van der Waals surface area contributed by atoms with Crippen LogP contribution in [0.4, 0.5) is 5.69 Å². The molecule has 1 heterocycles. The van der Waals surface area contributed by atoms with Gasteiger partial charge in [-0.25, -0.2) is 0 Å². The topological polar surface area (TPSA) is 77.7 Å². The summed E-state index contributed by atoms with van der Waals surface area (Å²) < 4.78 is 6.33. The first kappa shape index (κ1) is 25.1. The van der Waals surface area contributed by atoms with Crippen molar-refractivity contribution in [3.05, 3.63) is 70.6 Å². The summed E-state index contributed by atoms with van der Waals surface area (Å²) in [5, 5.41) is 17.0. The first-order valence-electron chi connectivity index (χ1n) is 10.5. The van der Waals surface area contributed by atoms with Crippen molar-refractivity contribution in [1.29, 1.82) is 0 Å². The Balaban J connectivity index is 0.00000289. The van der Waals surface area contributed by atoms with Crippen LogP contribution < -0.4 is 84.7 Å². The normalized spacial score (nSPS) is 11.6. The molecule has 158 valence electrons. The first-order valence-corrected chi connectivity index (χ1v) is 10.5. The molecule has 0 atom stereocenters. The Bertz CT molecular complexity index is 1340. The van der Waals surface area contributed by atoms with Crippen molar-refractivity contribution in [1.82, 2.24) is 0 Å². The van der Waals surface area contributed by atoms with Gasteiger partial charge in [-0.15, -0.1) is 0 Å². The van der Waals surface area contributed by atoms with E-state index in [0.29, 0.717) is 23.5 Å². The molecule has 0 unspecified atom stereocenters. The second-order valence-electron chi connectivity index (χ2n) is 7.61. The molecule has 0 amide bonds. The number of nitrogens with zero attached hydrogens (tertiary/aromatic N) is 1. The fraction of sp³-hybridized carbons (Fsp3) is 0.231. The minimum atomic E-state index is -1.20. The van der Waals surface area contributed by atoms with E-state index in [-0.39, 0.29) is 74.5 Å². The Kier molecular flexibility index (Phi) is 8.30. The SMILES string of the molecule is CCN=c1cc2oc3cc(NCC)c(C)cc3c(-c3ccccc3C(=O)[O-])c-2cc1C.[Cs+]. The number of benzene rings is 3. The van der Waals surface area contributed by atoms with E-state index < -0.39 is 5.97 Å². The van der Waals surface area contributed by atoms with Gasteiger partial charge in [0, 0.05) is 53.0 Å². The molecule has 2 aliphatic rings. The largest absolute Gasteiger partial charge is 1.00 e. The van der Waals surface area contributed by atoms with Gasteiger partial charge in [-0.3, -0.25) is 4.99 Å². The molecular formula is C26H25CsN2O3. The predicted molar refractivity (Wildman–Crippen MR) is 122 cm³/mol. The van der Waals surface area contributed by atoms with Gasteiger partial charge in [0.15, 0.2) is 0 Å². The minimum Gasteiger partial charge on any atom is -0.545 e. The zero-order valence-electron chi connectivity index (χ0n) is 19.2. The van der Waals surface area contributed by atoms with E-state index in [4.69, 9.17) is 4.42 Å². The van der Waals surface area contributed by atoms with Crippen LogP contribution in [0.25, 0.3) is 33.4 Å². The van der Waals surface area contributed by atoms with Crippen LogP contribution in [0.1, 0.15) is 35.3 Å². The van der Waals surface area contributed by atoms with Crippen molar-refractivity contribution in [2.45, 2.75) is 27.7 Å². The second-order valence-corrected chi connectivity index (χ2v) is 7.61. The maximum absolute atomic E-state index is 11.9. The zero-order chi connectivity index (χ0) is 22.1. The molecule has 5 nitrogen and oxygen atoms in total. The molecule has 1 aliphatic heterocycles. The van der Waals surface area contributed by atoms with E-state index in [1.807, 2.05) is 58.0 Å². The van der Waals surface area contributed by atoms with Gasteiger partial charge in [-0.05, 0) is 56.5 Å². The van der Waals surface area contributed by atoms with Crippen molar-refractivity contribution >= 4 is 22.6 Å². The third-order valence-corrected chi connectivity index (χ3v) is 5.50. The van der Waals surface area contributed by atoms with Crippen molar-refractivity contribution in [3.63, 3.8) is 0 Å². The molecular weight excluding hydrogens is 521 g/mol. The summed E-state index contributed by atoms with van der Waals surface area (Å²) in [7, 11) is 0. The number of hydrogen-bond acceptors (Lipinski definition) is 5. The fourth-order valence-electron chi connectivity index (χ4n) is 4.08.